The van der Waals surface area contributed by atoms with Crippen LogP contribution in [0.25, 0.3) is 22.3 Å². The third-order valence-electron chi connectivity index (χ3n) is 7.26. The summed E-state index contributed by atoms with van der Waals surface area (Å²) in [5.41, 5.74) is 5.05. The minimum atomic E-state index is -0.284. The summed E-state index contributed by atoms with van der Waals surface area (Å²) < 4.78 is 7.05. The van der Waals surface area contributed by atoms with Crippen LogP contribution in [0.4, 0.5) is 0 Å². The lowest BCUT2D eigenvalue weighted by molar-refractivity contribution is 0.407. The monoisotopic (exact) mass is 539 g/mol. The molecule has 0 fully saturated rings. The summed E-state index contributed by atoms with van der Waals surface area (Å²) in [6.45, 7) is 18.7. The maximum atomic E-state index is 13.8. The van der Waals surface area contributed by atoms with E-state index >= 15 is 0 Å². The summed E-state index contributed by atoms with van der Waals surface area (Å²) in [6.07, 6.45) is 1.69. The van der Waals surface area contributed by atoms with Crippen molar-refractivity contribution in [1.29, 1.82) is 0 Å². The van der Waals surface area contributed by atoms with E-state index in [4.69, 9.17) is 14.8 Å². The van der Waals surface area contributed by atoms with E-state index in [0.717, 1.165) is 39.1 Å². The van der Waals surface area contributed by atoms with Crippen molar-refractivity contribution >= 4 is 17.1 Å². The highest BCUT2D eigenvalue weighted by Gasteiger charge is 2.26. The first-order valence-electron chi connectivity index (χ1n) is 13.8. The summed E-state index contributed by atoms with van der Waals surface area (Å²) in [4.78, 5) is 18.8. The molecule has 210 valence electrons. The van der Waals surface area contributed by atoms with Gasteiger partial charge in [0.15, 0.2) is 5.82 Å². The van der Waals surface area contributed by atoms with Crippen LogP contribution in [0.15, 0.2) is 58.4 Å². The molecule has 4 aromatic rings. The fraction of sp³-hybridized carbons (Fsp3) is 0.382. The number of rotatable bonds is 5. The van der Waals surface area contributed by atoms with Gasteiger partial charge in [0.2, 0.25) is 0 Å². The van der Waals surface area contributed by atoms with Crippen molar-refractivity contribution in [3.05, 3.63) is 86.7 Å². The second-order valence-electron chi connectivity index (χ2n) is 12.8. The molecule has 6 heteroatoms. The Hall–Kier alpha value is -3.93. The summed E-state index contributed by atoms with van der Waals surface area (Å²) >= 11 is 0. The number of phenols is 1. The van der Waals surface area contributed by atoms with E-state index in [0.29, 0.717) is 22.5 Å². The molecule has 0 aliphatic heterocycles. The Bertz CT molecular complexity index is 1630. The van der Waals surface area contributed by atoms with E-state index in [9.17, 15) is 9.90 Å². The quantitative estimate of drug-likeness (QED) is 0.264. The number of benzene rings is 3. The Morgan fingerprint density at radius 2 is 1.57 bits per heavy atom. The number of ether oxygens (including phenoxy) is 1. The number of aromatic hydroxyl groups is 1. The van der Waals surface area contributed by atoms with Crippen molar-refractivity contribution in [1.82, 2.24) is 9.66 Å². The molecular formula is C34H41N3O3. The molecule has 1 heterocycles. The fourth-order valence-electron chi connectivity index (χ4n) is 4.97. The second kappa shape index (κ2) is 10.6. The molecule has 0 saturated carbocycles. The van der Waals surface area contributed by atoms with Crippen molar-refractivity contribution in [2.24, 2.45) is 5.10 Å². The van der Waals surface area contributed by atoms with Crippen LogP contribution in [0, 0.1) is 6.92 Å². The highest BCUT2D eigenvalue weighted by molar-refractivity contribution is 5.83. The maximum Gasteiger partial charge on any atom is 0.282 e. The highest BCUT2D eigenvalue weighted by Crippen LogP contribution is 2.39. The lowest BCUT2D eigenvalue weighted by Gasteiger charge is -2.27. The van der Waals surface area contributed by atoms with E-state index in [-0.39, 0.29) is 22.3 Å². The van der Waals surface area contributed by atoms with Gasteiger partial charge in [-0.15, -0.1) is 0 Å². The molecule has 0 aliphatic carbocycles. The Balaban J connectivity index is 2.01. The Kier molecular flexibility index (Phi) is 7.68. The van der Waals surface area contributed by atoms with Crippen LogP contribution in [-0.2, 0) is 10.8 Å². The largest absolute Gasteiger partial charge is 0.507 e. The summed E-state index contributed by atoms with van der Waals surface area (Å²) in [5.74, 6) is 1.79. The van der Waals surface area contributed by atoms with Crippen molar-refractivity contribution in [2.75, 3.05) is 7.11 Å². The molecule has 6 nitrogen and oxygen atoms in total. The van der Waals surface area contributed by atoms with Gasteiger partial charge in [-0.3, -0.25) is 4.79 Å². The molecule has 0 radical (unpaired) electrons. The topological polar surface area (TPSA) is 76.7 Å². The number of hydrogen-bond acceptors (Lipinski definition) is 5. The maximum absolute atomic E-state index is 13.8. The number of fused-ring (bicyclic) bond motifs is 1. The SMILES string of the molecule is COc1cc(C)c(-c2nc3ccccc3c(=O)n2N=Cc2cc(C(C)(C)C)c(O)c(C(C)(C)C)c2)cc1C(C)C. The molecule has 0 saturated heterocycles. The van der Waals surface area contributed by atoms with E-state index in [1.165, 1.54) is 4.68 Å². The third-order valence-corrected chi connectivity index (χ3v) is 7.26. The fourth-order valence-corrected chi connectivity index (χ4v) is 4.97. The second-order valence-corrected chi connectivity index (χ2v) is 12.8. The number of methoxy groups -OCH3 is 1. The normalized spacial score (nSPS) is 12.6. The molecular weight excluding hydrogens is 498 g/mol. The van der Waals surface area contributed by atoms with Crippen LogP contribution in [-0.4, -0.2) is 28.1 Å². The standard InChI is InChI=1S/C34H41N3O3/c1-20(2)24-18-25(21(3)15-29(24)40-10)31-36-28-14-12-11-13-23(28)32(39)37(31)35-19-22-16-26(33(4,5)6)30(38)27(17-22)34(7,8)9/h11-20,38H,1-10H3. The van der Waals surface area contributed by atoms with Crippen LogP contribution < -0.4 is 10.3 Å². The van der Waals surface area contributed by atoms with E-state index in [2.05, 4.69) is 61.5 Å². The number of aryl methyl sites for hydroxylation is 1. The first kappa shape index (κ1) is 29.1. The Morgan fingerprint density at radius 3 is 2.12 bits per heavy atom. The van der Waals surface area contributed by atoms with Gasteiger partial charge in [0, 0.05) is 16.7 Å². The van der Waals surface area contributed by atoms with Gasteiger partial charge >= 0.3 is 0 Å². The summed E-state index contributed by atoms with van der Waals surface area (Å²) in [7, 11) is 1.67. The molecule has 4 rings (SSSR count). The molecule has 0 amide bonds. The number of nitrogens with zero attached hydrogens (tertiary/aromatic N) is 3. The minimum Gasteiger partial charge on any atom is -0.507 e. The zero-order valence-corrected chi connectivity index (χ0v) is 25.4. The van der Waals surface area contributed by atoms with Gasteiger partial charge < -0.3 is 9.84 Å². The van der Waals surface area contributed by atoms with Gasteiger partial charge in [0.25, 0.3) is 5.56 Å². The van der Waals surface area contributed by atoms with Crippen LogP contribution in [0.2, 0.25) is 0 Å². The highest BCUT2D eigenvalue weighted by atomic mass is 16.5. The zero-order chi connectivity index (χ0) is 29.6. The summed E-state index contributed by atoms with van der Waals surface area (Å²) in [6, 6.07) is 15.3. The van der Waals surface area contributed by atoms with E-state index < -0.39 is 0 Å². The third kappa shape index (κ3) is 5.53. The van der Waals surface area contributed by atoms with Gasteiger partial charge in [-0.05, 0) is 76.8 Å². The summed E-state index contributed by atoms with van der Waals surface area (Å²) in [5, 5.41) is 16.4. The minimum absolute atomic E-state index is 0.210. The van der Waals surface area contributed by atoms with Crippen molar-refractivity contribution in [3.63, 3.8) is 0 Å². The Labute approximate surface area is 237 Å². The molecule has 1 aromatic heterocycles. The number of aromatic nitrogens is 2. The first-order chi connectivity index (χ1) is 18.6. The van der Waals surface area contributed by atoms with Gasteiger partial charge in [-0.25, -0.2) is 4.98 Å². The molecule has 1 N–H and O–H groups in total. The zero-order valence-electron chi connectivity index (χ0n) is 25.4. The van der Waals surface area contributed by atoms with Crippen molar-refractivity contribution < 1.29 is 9.84 Å². The molecule has 0 spiro atoms. The smallest absolute Gasteiger partial charge is 0.282 e. The average Bonchev–Trinajstić information content (AvgIpc) is 2.87. The lowest BCUT2D eigenvalue weighted by atomic mass is 9.78. The van der Waals surface area contributed by atoms with Gasteiger partial charge in [-0.1, -0.05) is 67.5 Å². The molecule has 40 heavy (non-hydrogen) atoms. The molecule has 3 aromatic carbocycles. The number of para-hydroxylation sites is 1. The molecule has 0 atom stereocenters. The van der Waals surface area contributed by atoms with E-state index in [1.807, 2.05) is 43.3 Å². The van der Waals surface area contributed by atoms with Crippen LogP contribution in [0.5, 0.6) is 11.5 Å². The van der Waals surface area contributed by atoms with Gasteiger partial charge in [0.05, 0.1) is 24.2 Å². The predicted molar refractivity (Wildman–Crippen MR) is 165 cm³/mol. The van der Waals surface area contributed by atoms with Crippen molar-refractivity contribution in [2.45, 2.75) is 79.1 Å². The molecule has 0 unspecified atom stereocenters. The van der Waals surface area contributed by atoms with Crippen LogP contribution >= 0.6 is 0 Å². The predicted octanol–water partition coefficient (Wildman–Crippen LogP) is 7.69. The Morgan fingerprint density at radius 1 is 0.975 bits per heavy atom. The van der Waals surface area contributed by atoms with Gasteiger partial charge in [0.1, 0.15) is 11.5 Å². The van der Waals surface area contributed by atoms with Crippen LogP contribution in [0.1, 0.15) is 89.1 Å². The average molecular weight is 540 g/mol. The van der Waals surface area contributed by atoms with Crippen LogP contribution in [0.3, 0.4) is 0 Å². The van der Waals surface area contributed by atoms with Crippen molar-refractivity contribution in [3.8, 4) is 22.9 Å². The number of hydrogen-bond donors (Lipinski definition) is 1. The molecule has 0 bridgehead atoms. The van der Waals surface area contributed by atoms with Gasteiger partial charge in [-0.2, -0.15) is 9.78 Å². The lowest BCUT2D eigenvalue weighted by Crippen LogP contribution is -2.21. The number of phenolic OH excluding ortho intramolecular Hbond substituents is 1. The molecule has 0 aliphatic rings. The first-order valence-corrected chi connectivity index (χ1v) is 13.8. The van der Waals surface area contributed by atoms with E-state index in [1.54, 1.807) is 19.4 Å².